The largest absolute Gasteiger partial charge is 0.465 e. The van der Waals surface area contributed by atoms with Gasteiger partial charge in [-0.3, -0.25) is 4.72 Å². The molecule has 1 aliphatic rings. The summed E-state index contributed by atoms with van der Waals surface area (Å²) in [7, 11) is -6.89. The molecule has 1 aromatic rings. The molecular weight excluding hydrogens is 404 g/mol. The number of nitrogens with one attached hydrogen (secondary N) is 1. The lowest BCUT2D eigenvalue weighted by atomic mass is 9.95. The molecule has 1 unspecified atom stereocenters. The number of hydrogen-bond donors (Lipinski definition) is 2. The van der Waals surface area contributed by atoms with E-state index in [9.17, 15) is 21.6 Å². The number of carbonyl (C=O) groups is 1. The smallest absolute Gasteiger partial charge is 0.407 e. The van der Waals surface area contributed by atoms with E-state index in [4.69, 9.17) is 5.11 Å². The summed E-state index contributed by atoms with van der Waals surface area (Å²) in [4.78, 5) is 12.3. The van der Waals surface area contributed by atoms with Gasteiger partial charge in [-0.2, -0.15) is 0 Å². The summed E-state index contributed by atoms with van der Waals surface area (Å²) in [6.07, 6.45) is 3.28. The third-order valence-electron chi connectivity index (χ3n) is 4.84. The number of piperidine rings is 1. The van der Waals surface area contributed by atoms with Crippen molar-refractivity contribution in [2.75, 3.05) is 29.8 Å². The molecule has 0 bridgehead atoms. The van der Waals surface area contributed by atoms with Crippen molar-refractivity contribution in [1.82, 2.24) is 4.90 Å². The monoisotopic (exact) mass is 430 g/mol. The highest BCUT2D eigenvalue weighted by Crippen LogP contribution is 2.29. The van der Waals surface area contributed by atoms with Crippen molar-refractivity contribution in [3.63, 3.8) is 0 Å². The van der Waals surface area contributed by atoms with Gasteiger partial charge in [0.25, 0.3) is 0 Å². The zero-order valence-electron chi connectivity index (χ0n) is 15.7. The summed E-state index contributed by atoms with van der Waals surface area (Å²) < 4.78 is 50.5. The first-order valence-corrected chi connectivity index (χ1v) is 12.5. The van der Waals surface area contributed by atoms with Crippen LogP contribution in [-0.2, 0) is 19.9 Å². The molecule has 1 atom stereocenters. The Labute approximate surface area is 166 Å². The first-order valence-electron chi connectivity index (χ1n) is 8.91. The Kier molecular flexibility index (Phi) is 7.11. The quantitative estimate of drug-likeness (QED) is 0.611. The number of nitrogens with zero attached hydrogens (tertiary/aromatic N) is 1. The zero-order valence-corrected chi connectivity index (χ0v) is 17.4. The maximum Gasteiger partial charge on any atom is 0.407 e. The average Bonchev–Trinajstić information content (AvgIpc) is 2.61. The molecular formula is C18H26N2O6S2. The van der Waals surface area contributed by atoms with E-state index in [1.54, 1.807) is 12.1 Å². The number of anilines is 1. The summed E-state index contributed by atoms with van der Waals surface area (Å²) in [6, 6.07) is 6.18. The lowest BCUT2D eigenvalue weighted by Gasteiger charge is -2.30. The van der Waals surface area contributed by atoms with Crippen molar-refractivity contribution < 1.29 is 26.7 Å². The molecule has 0 radical (unpaired) electrons. The van der Waals surface area contributed by atoms with Crippen LogP contribution in [0.2, 0.25) is 0 Å². The molecule has 1 heterocycles. The predicted octanol–water partition coefficient (Wildman–Crippen LogP) is 2.48. The van der Waals surface area contributed by atoms with Gasteiger partial charge in [0.15, 0.2) is 9.84 Å². The van der Waals surface area contributed by atoms with Gasteiger partial charge in [-0.15, -0.1) is 6.58 Å². The van der Waals surface area contributed by atoms with E-state index in [2.05, 4.69) is 11.3 Å². The van der Waals surface area contributed by atoms with Crippen LogP contribution in [-0.4, -0.2) is 58.0 Å². The van der Waals surface area contributed by atoms with Gasteiger partial charge in [-0.1, -0.05) is 18.2 Å². The van der Waals surface area contributed by atoms with E-state index >= 15 is 0 Å². The fraction of sp³-hybridized carbons (Fsp3) is 0.500. The highest BCUT2D eigenvalue weighted by atomic mass is 32.2. The van der Waals surface area contributed by atoms with Crippen LogP contribution in [0.3, 0.4) is 0 Å². The molecule has 10 heteroatoms. The molecule has 0 aliphatic carbocycles. The fourth-order valence-corrected chi connectivity index (χ4v) is 5.66. The van der Waals surface area contributed by atoms with Gasteiger partial charge in [0, 0.05) is 18.8 Å². The van der Waals surface area contributed by atoms with E-state index in [0.29, 0.717) is 43.6 Å². The normalized spacial score (nSPS) is 17.1. The van der Waals surface area contributed by atoms with Gasteiger partial charge in [-0.05, 0) is 42.9 Å². The van der Waals surface area contributed by atoms with Crippen LogP contribution in [0, 0.1) is 5.92 Å². The van der Waals surface area contributed by atoms with E-state index in [1.807, 2.05) is 0 Å². The molecule has 1 aromatic carbocycles. The Morgan fingerprint density at radius 2 is 1.82 bits per heavy atom. The maximum atomic E-state index is 12.8. The van der Waals surface area contributed by atoms with Gasteiger partial charge in [0.2, 0.25) is 10.0 Å². The molecule has 1 fully saturated rings. The standard InChI is InChI=1S/C18H26N2O6S2/c1-3-17(15-4-6-16(7-5-15)19-27(2,23)24)28(25,26)13-10-14-8-11-20(12-9-14)18(21)22/h3-7,14,17,19H,1,8-13H2,2H3,(H,21,22). The van der Waals surface area contributed by atoms with E-state index in [-0.39, 0.29) is 11.7 Å². The van der Waals surface area contributed by atoms with Gasteiger partial charge >= 0.3 is 6.09 Å². The summed E-state index contributed by atoms with van der Waals surface area (Å²) >= 11 is 0. The Morgan fingerprint density at radius 3 is 2.29 bits per heavy atom. The van der Waals surface area contributed by atoms with Gasteiger partial charge in [0.05, 0.1) is 12.0 Å². The molecule has 156 valence electrons. The predicted molar refractivity (Wildman–Crippen MR) is 109 cm³/mol. The van der Waals surface area contributed by atoms with Crippen LogP contribution < -0.4 is 4.72 Å². The molecule has 2 N–H and O–H groups in total. The minimum Gasteiger partial charge on any atom is -0.465 e. The van der Waals surface area contributed by atoms with Crippen LogP contribution in [0.4, 0.5) is 10.5 Å². The number of benzene rings is 1. The Hall–Kier alpha value is -2.07. The first kappa shape index (κ1) is 22.2. The SMILES string of the molecule is C=CC(c1ccc(NS(C)(=O)=O)cc1)S(=O)(=O)CCC1CCN(C(=O)O)CC1. The van der Waals surface area contributed by atoms with E-state index in [0.717, 1.165) is 6.26 Å². The fourth-order valence-electron chi connectivity index (χ4n) is 3.32. The minimum atomic E-state index is -3.49. The third-order valence-corrected chi connectivity index (χ3v) is 7.49. The number of sulfone groups is 1. The number of sulfonamides is 1. The minimum absolute atomic E-state index is 0.00916. The van der Waals surface area contributed by atoms with Crippen molar-refractivity contribution in [3.8, 4) is 0 Å². The third kappa shape index (κ3) is 6.23. The summed E-state index contributed by atoms with van der Waals surface area (Å²) in [5.74, 6) is 0.169. The van der Waals surface area contributed by atoms with Crippen LogP contribution in [0.15, 0.2) is 36.9 Å². The Morgan fingerprint density at radius 1 is 1.25 bits per heavy atom. The van der Waals surface area contributed by atoms with Gasteiger partial charge in [-0.25, -0.2) is 21.6 Å². The highest BCUT2D eigenvalue weighted by molar-refractivity contribution is 7.92. The van der Waals surface area contributed by atoms with Crippen molar-refractivity contribution in [1.29, 1.82) is 0 Å². The molecule has 8 nitrogen and oxygen atoms in total. The number of likely N-dealkylation sites (tertiary alicyclic amines) is 1. The molecule has 28 heavy (non-hydrogen) atoms. The second-order valence-electron chi connectivity index (χ2n) is 7.02. The summed E-state index contributed by atoms with van der Waals surface area (Å²) in [5, 5.41) is 8.10. The Balaban J connectivity index is 2.00. The van der Waals surface area contributed by atoms with Crippen LogP contribution in [0.5, 0.6) is 0 Å². The van der Waals surface area contributed by atoms with Crippen molar-refractivity contribution in [3.05, 3.63) is 42.5 Å². The molecule has 0 saturated carbocycles. The molecule has 2 rings (SSSR count). The lowest BCUT2D eigenvalue weighted by Crippen LogP contribution is -2.37. The highest BCUT2D eigenvalue weighted by Gasteiger charge is 2.28. The zero-order chi connectivity index (χ0) is 20.9. The van der Waals surface area contributed by atoms with Crippen LogP contribution in [0.25, 0.3) is 0 Å². The van der Waals surface area contributed by atoms with Crippen molar-refractivity contribution in [2.24, 2.45) is 5.92 Å². The van der Waals surface area contributed by atoms with E-state index < -0.39 is 31.2 Å². The van der Waals surface area contributed by atoms with E-state index in [1.165, 1.54) is 23.1 Å². The second-order valence-corrected chi connectivity index (χ2v) is 11.0. The second kappa shape index (κ2) is 8.95. The number of rotatable bonds is 8. The Bertz CT molecular complexity index is 902. The van der Waals surface area contributed by atoms with Crippen molar-refractivity contribution in [2.45, 2.75) is 24.5 Å². The molecule has 1 aliphatic heterocycles. The van der Waals surface area contributed by atoms with Crippen LogP contribution in [0.1, 0.15) is 30.1 Å². The van der Waals surface area contributed by atoms with Crippen molar-refractivity contribution >= 4 is 31.6 Å². The number of amides is 1. The number of hydrogen-bond acceptors (Lipinski definition) is 5. The average molecular weight is 431 g/mol. The van der Waals surface area contributed by atoms with Gasteiger partial charge in [0.1, 0.15) is 5.25 Å². The van der Waals surface area contributed by atoms with Crippen LogP contribution >= 0.6 is 0 Å². The summed E-state index contributed by atoms with van der Waals surface area (Å²) in [5.41, 5.74) is 0.881. The number of carboxylic acid groups (broad SMARTS) is 1. The first-order chi connectivity index (χ1) is 13.0. The molecule has 0 aromatic heterocycles. The maximum absolute atomic E-state index is 12.8. The molecule has 0 spiro atoms. The lowest BCUT2D eigenvalue weighted by molar-refractivity contribution is 0.124. The summed E-state index contributed by atoms with van der Waals surface area (Å²) in [6.45, 7) is 4.51. The molecule has 1 amide bonds. The topological polar surface area (TPSA) is 121 Å². The molecule has 1 saturated heterocycles. The van der Waals surface area contributed by atoms with Gasteiger partial charge < -0.3 is 10.0 Å².